The van der Waals surface area contributed by atoms with E-state index in [1.54, 1.807) is 0 Å². The first-order valence-electron chi connectivity index (χ1n) is 7.04. The van der Waals surface area contributed by atoms with Crippen LogP contribution in [0.1, 0.15) is 25.3 Å². The highest BCUT2D eigenvalue weighted by Gasteiger charge is 2.28. The number of hydrogen-bond donors (Lipinski definition) is 0. The Hall–Kier alpha value is -1.72. The number of benzene rings is 2. The lowest BCUT2D eigenvalue weighted by atomic mass is 10.0. The minimum atomic E-state index is -4.10. The smallest absolute Gasteiger partial charge is 0.214 e. The maximum atomic E-state index is 10.6. The largest absolute Gasteiger partial charge is 0.748 e. The van der Waals surface area contributed by atoms with E-state index in [0.29, 0.717) is 12.8 Å². The first-order chi connectivity index (χ1) is 9.97. The standard InChI is InChI=1S/C16H17NO3S/c1-12-14-8-4-6-13-7-5-9-15(16(13)14)17(12)10-2-3-11-21(18,19)20/h4-9H,2-3,10-11H2,1H3. The molecule has 21 heavy (non-hydrogen) atoms. The lowest BCUT2D eigenvalue weighted by Crippen LogP contribution is -2.13. The van der Waals surface area contributed by atoms with Crippen molar-refractivity contribution in [2.75, 3.05) is 12.3 Å². The zero-order chi connectivity index (χ0) is 15.0. The van der Waals surface area contributed by atoms with Crippen molar-refractivity contribution in [3.8, 4) is 0 Å². The van der Waals surface area contributed by atoms with Gasteiger partial charge in [0, 0.05) is 25.2 Å². The van der Waals surface area contributed by atoms with Crippen molar-refractivity contribution in [2.24, 2.45) is 0 Å². The molecule has 0 saturated heterocycles. The summed E-state index contributed by atoms with van der Waals surface area (Å²) in [5.41, 5.74) is 3.59. The van der Waals surface area contributed by atoms with Crippen LogP contribution in [0.2, 0.25) is 0 Å². The van der Waals surface area contributed by atoms with Crippen molar-refractivity contribution in [1.29, 1.82) is 0 Å². The molecule has 2 aromatic rings. The fourth-order valence-corrected chi connectivity index (χ4v) is 3.57. The molecule has 0 N–H and O–H groups in total. The summed E-state index contributed by atoms with van der Waals surface area (Å²) in [4.78, 5) is 0. The molecule has 1 aliphatic rings. The molecule has 0 aliphatic carbocycles. The quantitative estimate of drug-likeness (QED) is 0.484. The van der Waals surface area contributed by atoms with Gasteiger partial charge in [-0.25, -0.2) is 8.42 Å². The third-order valence-electron chi connectivity index (χ3n) is 3.99. The van der Waals surface area contributed by atoms with Gasteiger partial charge >= 0.3 is 0 Å². The summed E-state index contributed by atoms with van der Waals surface area (Å²) in [6.45, 7) is 2.81. The van der Waals surface area contributed by atoms with E-state index in [2.05, 4.69) is 41.8 Å². The molecule has 0 amide bonds. The van der Waals surface area contributed by atoms with Gasteiger partial charge in [0.1, 0.15) is 6.54 Å². The van der Waals surface area contributed by atoms with E-state index in [9.17, 15) is 13.0 Å². The summed E-state index contributed by atoms with van der Waals surface area (Å²) < 4.78 is 34.2. The summed E-state index contributed by atoms with van der Waals surface area (Å²) in [5.74, 6) is -0.281. The summed E-state index contributed by atoms with van der Waals surface area (Å²) in [6.07, 6.45) is 1.09. The van der Waals surface area contributed by atoms with Crippen molar-refractivity contribution < 1.29 is 17.5 Å². The molecule has 0 unspecified atom stereocenters. The third-order valence-corrected chi connectivity index (χ3v) is 4.78. The molecule has 4 nitrogen and oxygen atoms in total. The van der Waals surface area contributed by atoms with Crippen molar-refractivity contribution in [2.45, 2.75) is 19.8 Å². The molecule has 110 valence electrons. The van der Waals surface area contributed by atoms with Gasteiger partial charge in [-0.3, -0.25) is 0 Å². The van der Waals surface area contributed by atoms with Crippen LogP contribution in [0.3, 0.4) is 0 Å². The van der Waals surface area contributed by atoms with Crippen LogP contribution < -0.4 is 0 Å². The SMILES string of the molecule is CC1=[N+](CCCCS(=O)(=O)[O-])c2cccc3cccc1c23. The van der Waals surface area contributed by atoms with Gasteiger partial charge in [-0.1, -0.05) is 24.3 Å². The van der Waals surface area contributed by atoms with E-state index in [4.69, 9.17) is 0 Å². The van der Waals surface area contributed by atoms with Crippen LogP contribution >= 0.6 is 0 Å². The van der Waals surface area contributed by atoms with Crippen molar-refractivity contribution in [3.05, 3.63) is 42.0 Å². The fraction of sp³-hybridized carbons (Fsp3) is 0.312. The number of rotatable bonds is 5. The lowest BCUT2D eigenvalue weighted by Gasteiger charge is -2.06. The first-order valence-corrected chi connectivity index (χ1v) is 8.62. The predicted octanol–water partition coefficient (Wildman–Crippen LogP) is 2.63. The van der Waals surface area contributed by atoms with Crippen LogP contribution in [0.4, 0.5) is 5.69 Å². The summed E-state index contributed by atoms with van der Waals surface area (Å²) in [7, 11) is -4.10. The van der Waals surface area contributed by atoms with Crippen molar-refractivity contribution in [3.63, 3.8) is 0 Å². The molecule has 0 fully saturated rings. The van der Waals surface area contributed by atoms with Crippen LogP contribution in [-0.4, -0.2) is 35.6 Å². The normalized spacial score (nSPS) is 14.2. The molecule has 1 heterocycles. The highest BCUT2D eigenvalue weighted by atomic mass is 32.2. The van der Waals surface area contributed by atoms with E-state index >= 15 is 0 Å². The minimum absolute atomic E-state index is 0.281. The summed E-state index contributed by atoms with van der Waals surface area (Å²) in [5, 5.41) is 2.47. The van der Waals surface area contributed by atoms with E-state index < -0.39 is 10.1 Å². The average Bonchev–Trinajstić information content (AvgIpc) is 2.70. The van der Waals surface area contributed by atoms with Crippen LogP contribution in [-0.2, 0) is 10.1 Å². The third kappa shape index (κ3) is 2.71. The lowest BCUT2D eigenvalue weighted by molar-refractivity contribution is -0.437. The van der Waals surface area contributed by atoms with Crippen molar-refractivity contribution >= 4 is 32.3 Å². The fourth-order valence-electron chi connectivity index (χ4n) is 3.01. The molecule has 0 saturated carbocycles. The molecule has 0 bridgehead atoms. The van der Waals surface area contributed by atoms with Crippen LogP contribution in [0, 0.1) is 0 Å². The van der Waals surface area contributed by atoms with Gasteiger partial charge in [-0.05, 0) is 17.9 Å². The second kappa shape index (κ2) is 5.24. The highest BCUT2D eigenvalue weighted by Crippen LogP contribution is 2.34. The second-order valence-electron chi connectivity index (χ2n) is 5.39. The van der Waals surface area contributed by atoms with E-state index in [-0.39, 0.29) is 5.75 Å². The molecular formula is C16H17NO3S. The van der Waals surface area contributed by atoms with Crippen molar-refractivity contribution in [1.82, 2.24) is 0 Å². The molecule has 5 heteroatoms. The van der Waals surface area contributed by atoms with E-state index in [0.717, 1.165) is 6.54 Å². The topological polar surface area (TPSA) is 60.2 Å². The monoisotopic (exact) mass is 303 g/mol. The molecule has 0 atom stereocenters. The molecule has 0 radical (unpaired) electrons. The molecule has 2 aromatic carbocycles. The van der Waals surface area contributed by atoms with E-state index in [1.165, 1.54) is 27.7 Å². The van der Waals surface area contributed by atoms with Crippen LogP contribution in [0.25, 0.3) is 10.8 Å². The van der Waals surface area contributed by atoms with Gasteiger partial charge in [0.2, 0.25) is 5.69 Å². The Balaban J connectivity index is 1.85. The Morgan fingerprint density at radius 1 is 1.10 bits per heavy atom. The molecule has 0 aromatic heterocycles. The Morgan fingerprint density at radius 2 is 1.81 bits per heavy atom. The number of nitrogens with zero attached hydrogens (tertiary/aromatic N) is 1. The molecule has 1 aliphatic heterocycles. The zero-order valence-electron chi connectivity index (χ0n) is 11.9. The molecule has 3 rings (SSSR count). The van der Waals surface area contributed by atoms with Gasteiger partial charge in [0.05, 0.1) is 21.1 Å². The van der Waals surface area contributed by atoms with Gasteiger partial charge in [0.15, 0.2) is 5.71 Å². The Labute approximate surface area is 124 Å². The summed E-state index contributed by atoms with van der Waals surface area (Å²) in [6, 6.07) is 12.5. The number of hydrogen-bond acceptors (Lipinski definition) is 3. The Bertz CT molecular complexity index is 832. The highest BCUT2D eigenvalue weighted by molar-refractivity contribution is 7.85. The predicted molar refractivity (Wildman–Crippen MR) is 82.3 cm³/mol. The minimum Gasteiger partial charge on any atom is -0.748 e. The Kier molecular flexibility index (Phi) is 3.55. The van der Waals surface area contributed by atoms with Crippen LogP contribution in [0.15, 0.2) is 36.4 Å². The van der Waals surface area contributed by atoms with Gasteiger partial charge in [-0.15, -0.1) is 0 Å². The molecule has 0 spiro atoms. The Morgan fingerprint density at radius 3 is 2.52 bits per heavy atom. The maximum absolute atomic E-state index is 10.6. The second-order valence-corrected chi connectivity index (χ2v) is 6.91. The van der Waals surface area contributed by atoms with Gasteiger partial charge < -0.3 is 4.55 Å². The number of unbranched alkanes of at least 4 members (excludes halogenated alkanes) is 1. The first kappa shape index (κ1) is 14.2. The average molecular weight is 303 g/mol. The maximum Gasteiger partial charge on any atom is 0.214 e. The van der Waals surface area contributed by atoms with Gasteiger partial charge in [-0.2, -0.15) is 4.58 Å². The van der Waals surface area contributed by atoms with Gasteiger partial charge in [0.25, 0.3) is 0 Å². The summed E-state index contributed by atoms with van der Waals surface area (Å²) >= 11 is 0. The zero-order valence-corrected chi connectivity index (χ0v) is 12.7. The van der Waals surface area contributed by atoms with Crippen LogP contribution in [0.5, 0.6) is 0 Å². The van der Waals surface area contributed by atoms with E-state index in [1.807, 2.05) is 6.07 Å². The molecular weight excluding hydrogens is 286 g/mol.